The summed E-state index contributed by atoms with van der Waals surface area (Å²) in [5.41, 5.74) is 2.15. The third-order valence-corrected chi connectivity index (χ3v) is 5.30. The van der Waals surface area contributed by atoms with Crippen LogP contribution in [0.3, 0.4) is 0 Å². The zero-order valence-corrected chi connectivity index (χ0v) is 16.3. The molecule has 0 bridgehead atoms. The Bertz CT molecular complexity index is 849. The second kappa shape index (κ2) is 8.06. The van der Waals surface area contributed by atoms with Crippen molar-refractivity contribution in [3.63, 3.8) is 0 Å². The number of hydrogen-bond donors (Lipinski definition) is 1. The average Bonchev–Trinajstić information content (AvgIpc) is 3.00. The minimum absolute atomic E-state index is 0.0856. The summed E-state index contributed by atoms with van der Waals surface area (Å²) in [6.07, 6.45) is 0.810. The molecule has 0 spiro atoms. The summed E-state index contributed by atoms with van der Waals surface area (Å²) in [5.74, 6) is 0.185. The fraction of sp³-hybridized carbons (Fsp3) is 0.250. The predicted molar refractivity (Wildman–Crippen MR) is 112 cm³/mol. The molecule has 1 heterocycles. The summed E-state index contributed by atoms with van der Waals surface area (Å²) >= 11 is 7.28. The lowest BCUT2D eigenvalue weighted by molar-refractivity contribution is -0.113. The molecular weight excluding hydrogens is 366 g/mol. The molecule has 1 aliphatic rings. The van der Waals surface area contributed by atoms with Crippen LogP contribution in [-0.4, -0.2) is 28.1 Å². The standard InChI is InChI=1S/C20H20ClN3OS/c1-3-20(2)23-18(14-7-5-4-6-8-14)19(24-20)26-13-17(25)22-16-11-9-15(21)10-12-16/h4-12H,3,13H2,1-2H3,(H,22,25)/t20-/m1/s1. The molecule has 1 aliphatic heterocycles. The molecule has 3 rings (SSSR count). The third-order valence-electron chi connectivity index (χ3n) is 4.08. The number of amides is 1. The van der Waals surface area contributed by atoms with E-state index in [9.17, 15) is 4.79 Å². The Labute approximate surface area is 162 Å². The Kier molecular flexibility index (Phi) is 5.79. The zero-order chi connectivity index (χ0) is 18.6. The quantitative estimate of drug-likeness (QED) is 0.783. The van der Waals surface area contributed by atoms with Gasteiger partial charge in [0.15, 0.2) is 0 Å². The van der Waals surface area contributed by atoms with Crippen LogP contribution in [0.5, 0.6) is 0 Å². The van der Waals surface area contributed by atoms with Crippen molar-refractivity contribution >= 4 is 45.7 Å². The first-order valence-corrected chi connectivity index (χ1v) is 9.79. The van der Waals surface area contributed by atoms with E-state index in [0.29, 0.717) is 5.02 Å². The van der Waals surface area contributed by atoms with E-state index in [1.807, 2.05) is 37.3 Å². The van der Waals surface area contributed by atoms with Crippen molar-refractivity contribution < 1.29 is 4.79 Å². The lowest BCUT2D eigenvalue weighted by atomic mass is 10.1. The van der Waals surface area contributed by atoms with E-state index in [-0.39, 0.29) is 11.7 Å². The Hall–Kier alpha value is -2.11. The van der Waals surface area contributed by atoms with E-state index in [1.54, 1.807) is 24.3 Å². The largest absolute Gasteiger partial charge is 0.325 e. The van der Waals surface area contributed by atoms with Crippen molar-refractivity contribution in [2.45, 2.75) is 25.9 Å². The highest BCUT2D eigenvalue weighted by molar-refractivity contribution is 8.16. The number of nitrogens with one attached hydrogen (secondary N) is 1. The SMILES string of the molecule is CC[C@@]1(C)N=C(SCC(=O)Nc2ccc(Cl)cc2)C(c2ccccc2)=N1. The van der Waals surface area contributed by atoms with Crippen molar-refractivity contribution in [2.75, 3.05) is 11.1 Å². The maximum Gasteiger partial charge on any atom is 0.234 e. The summed E-state index contributed by atoms with van der Waals surface area (Å²) in [5, 5.41) is 4.32. The summed E-state index contributed by atoms with van der Waals surface area (Å²) < 4.78 is 0. The molecule has 26 heavy (non-hydrogen) atoms. The summed E-state index contributed by atoms with van der Waals surface area (Å²) in [6.45, 7) is 4.08. The van der Waals surface area contributed by atoms with Crippen LogP contribution in [0.15, 0.2) is 64.6 Å². The highest BCUT2D eigenvalue weighted by Gasteiger charge is 2.31. The van der Waals surface area contributed by atoms with Gasteiger partial charge in [-0.25, -0.2) is 4.99 Å². The zero-order valence-electron chi connectivity index (χ0n) is 14.7. The topological polar surface area (TPSA) is 53.8 Å². The molecule has 1 amide bonds. The minimum atomic E-state index is -0.458. The molecule has 0 aliphatic carbocycles. The van der Waals surface area contributed by atoms with Gasteiger partial charge >= 0.3 is 0 Å². The monoisotopic (exact) mass is 385 g/mol. The number of hydrogen-bond acceptors (Lipinski definition) is 4. The Morgan fingerprint density at radius 3 is 2.46 bits per heavy atom. The summed E-state index contributed by atoms with van der Waals surface area (Å²) in [6, 6.07) is 17.0. The summed E-state index contributed by atoms with van der Waals surface area (Å²) in [4.78, 5) is 21.8. The van der Waals surface area contributed by atoms with Crippen LogP contribution in [0.1, 0.15) is 25.8 Å². The predicted octanol–water partition coefficient (Wildman–Crippen LogP) is 5.04. The van der Waals surface area contributed by atoms with Gasteiger partial charge in [-0.15, -0.1) is 0 Å². The second-order valence-electron chi connectivity index (χ2n) is 6.16. The molecule has 0 unspecified atom stereocenters. The van der Waals surface area contributed by atoms with Crippen LogP contribution in [0.2, 0.25) is 5.02 Å². The lowest BCUT2D eigenvalue weighted by Crippen LogP contribution is -2.17. The molecule has 4 nitrogen and oxygen atoms in total. The molecule has 6 heteroatoms. The van der Waals surface area contributed by atoms with E-state index in [4.69, 9.17) is 21.6 Å². The molecule has 0 saturated carbocycles. The molecule has 2 aromatic rings. The van der Waals surface area contributed by atoms with Crippen LogP contribution >= 0.6 is 23.4 Å². The number of carbonyl (C=O) groups is 1. The third kappa shape index (κ3) is 4.54. The fourth-order valence-corrected chi connectivity index (χ4v) is 3.52. The molecule has 1 N–H and O–H groups in total. The normalized spacial score (nSPS) is 19.0. The minimum Gasteiger partial charge on any atom is -0.325 e. The van der Waals surface area contributed by atoms with Gasteiger partial charge in [0.1, 0.15) is 10.7 Å². The van der Waals surface area contributed by atoms with Crippen molar-refractivity contribution in [3.8, 4) is 0 Å². The Morgan fingerprint density at radius 1 is 1.12 bits per heavy atom. The van der Waals surface area contributed by atoms with Crippen LogP contribution in [0.25, 0.3) is 0 Å². The van der Waals surface area contributed by atoms with Gasteiger partial charge < -0.3 is 5.32 Å². The van der Waals surface area contributed by atoms with Crippen molar-refractivity contribution in [1.82, 2.24) is 0 Å². The number of anilines is 1. The molecule has 0 saturated heterocycles. The van der Waals surface area contributed by atoms with E-state index < -0.39 is 5.66 Å². The number of halogens is 1. The molecular formula is C20H20ClN3OS. The van der Waals surface area contributed by atoms with Gasteiger partial charge in [0.05, 0.1) is 11.5 Å². The molecule has 0 aromatic heterocycles. The lowest BCUT2D eigenvalue weighted by Gasteiger charge is -2.13. The van der Waals surface area contributed by atoms with Crippen LogP contribution in [-0.2, 0) is 4.79 Å². The maximum atomic E-state index is 12.3. The van der Waals surface area contributed by atoms with Crippen LogP contribution in [0.4, 0.5) is 5.69 Å². The van der Waals surface area contributed by atoms with E-state index in [1.165, 1.54) is 11.8 Å². The van der Waals surface area contributed by atoms with Gasteiger partial charge in [-0.3, -0.25) is 9.79 Å². The Morgan fingerprint density at radius 2 is 1.81 bits per heavy atom. The van der Waals surface area contributed by atoms with Gasteiger partial charge in [0, 0.05) is 16.3 Å². The second-order valence-corrected chi connectivity index (χ2v) is 7.56. The number of aliphatic imine (C=N–C) groups is 2. The van der Waals surface area contributed by atoms with Crippen molar-refractivity contribution in [2.24, 2.45) is 9.98 Å². The smallest absolute Gasteiger partial charge is 0.234 e. The van der Waals surface area contributed by atoms with E-state index in [2.05, 4.69) is 12.2 Å². The van der Waals surface area contributed by atoms with Gasteiger partial charge in [-0.2, -0.15) is 0 Å². The average molecular weight is 386 g/mol. The number of nitrogens with zero attached hydrogens (tertiary/aromatic N) is 2. The number of rotatable bonds is 5. The number of thioether (sulfide) groups is 1. The first-order valence-electron chi connectivity index (χ1n) is 8.43. The van der Waals surface area contributed by atoms with E-state index in [0.717, 1.165) is 28.4 Å². The van der Waals surface area contributed by atoms with Gasteiger partial charge in [0.25, 0.3) is 0 Å². The van der Waals surface area contributed by atoms with Gasteiger partial charge in [-0.05, 0) is 37.6 Å². The fourth-order valence-electron chi connectivity index (χ4n) is 2.49. The maximum absolute atomic E-state index is 12.3. The van der Waals surface area contributed by atoms with Gasteiger partial charge in [0.2, 0.25) is 5.91 Å². The van der Waals surface area contributed by atoms with Crippen molar-refractivity contribution in [1.29, 1.82) is 0 Å². The highest BCUT2D eigenvalue weighted by atomic mass is 35.5. The van der Waals surface area contributed by atoms with Crippen molar-refractivity contribution in [3.05, 3.63) is 65.2 Å². The molecule has 1 atom stereocenters. The number of benzene rings is 2. The Balaban J connectivity index is 1.69. The first-order chi connectivity index (χ1) is 12.5. The van der Waals surface area contributed by atoms with Crippen LogP contribution < -0.4 is 5.32 Å². The van der Waals surface area contributed by atoms with E-state index >= 15 is 0 Å². The van der Waals surface area contributed by atoms with Gasteiger partial charge in [-0.1, -0.05) is 60.6 Å². The molecule has 0 radical (unpaired) electrons. The first kappa shape index (κ1) is 18.7. The summed E-state index contributed by atoms with van der Waals surface area (Å²) in [7, 11) is 0. The molecule has 2 aromatic carbocycles. The number of carbonyl (C=O) groups excluding carboxylic acids is 1. The molecule has 134 valence electrons. The molecule has 0 fully saturated rings. The highest BCUT2D eigenvalue weighted by Crippen LogP contribution is 2.29. The van der Waals surface area contributed by atoms with Crippen LogP contribution in [0, 0.1) is 0 Å².